The van der Waals surface area contributed by atoms with Crippen molar-refractivity contribution in [3.63, 3.8) is 0 Å². The minimum Gasteiger partial charge on any atom is -0.403 e. The van der Waals surface area contributed by atoms with Crippen molar-refractivity contribution in [2.75, 3.05) is 18.4 Å². The topological polar surface area (TPSA) is 105 Å². The minimum atomic E-state index is -3.72. The fourth-order valence-corrected chi connectivity index (χ4v) is 5.34. The van der Waals surface area contributed by atoms with Gasteiger partial charge in [-0.05, 0) is 62.6 Å². The van der Waals surface area contributed by atoms with Crippen molar-refractivity contribution >= 4 is 33.5 Å². The van der Waals surface area contributed by atoms with Crippen LogP contribution < -0.4 is 5.32 Å². The van der Waals surface area contributed by atoms with Crippen LogP contribution in [0.3, 0.4) is 0 Å². The van der Waals surface area contributed by atoms with E-state index in [1.54, 1.807) is 0 Å². The molecule has 1 unspecified atom stereocenters. The maximum absolute atomic E-state index is 13.0. The molecule has 8 nitrogen and oxygen atoms in total. The number of nitrogens with zero attached hydrogens (tertiary/aromatic N) is 3. The molecule has 1 N–H and O–H groups in total. The van der Waals surface area contributed by atoms with Gasteiger partial charge in [-0.1, -0.05) is 34.4 Å². The van der Waals surface area contributed by atoms with Crippen molar-refractivity contribution in [3.8, 4) is 11.5 Å². The van der Waals surface area contributed by atoms with Gasteiger partial charge in [0.05, 0.1) is 10.8 Å². The molecule has 1 fully saturated rings. The summed E-state index contributed by atoms with van der Waals surface area (Å²) in [6.07, 6.45) is 1.14. The van der Waals surface area contributed by atoms with Crippen LogP contribution in [0, 0.1) is 19.8 Å². The fourth-order valence-electron chi connectivity index (χ4n) is 3.69. The highest BCUT2D eigenvalue weighted by Gasteiger charge is 2.33. The number of hydrogen-bond acceptors (Lipinski definition) is 6. The number of aromatic nitrogens is 2. The van der Waals surface area contributed by atoms with E-state index in [2.05, 4.69) is 15.5 Å². The SMILES string of the molecule is Cc1ccc(C)c(-c2nnc(NC(=O)C3CCCN(S(=O)(=O)c4ccc(Cl)cc4)C3)o2)c1. The standard InChI is InChI=1S/C22H23ClN4O4S/c1-14-5-6-15(2)19(12-14)21-25-26-22(31-21)24-20(28)16-4-3-11-27(13-16)32(29,30)18-9-7-17(23)8-10-18/h5-10,12,16H,3-4,11,13H2,1-2H3,(H,24,26,28). The van der Waals surface area contributed by atoms with Gasteiger partial charge in [0.25, 0.3) is 0 Å². The van der Waals surface area contributed by atoms with Crippen molar-refractivity contribution < 1.29 is 17.6 Å². The number of rotatable bonds is 5. The number of hydrogen-bond donors (Lipinski definition) is 1. The monoisotopic (exact) mass is 474 g/mol. The second kappa shape index (κ2) is 9.01. The van der Waals surface area contributed by atoms with Gasteiger partial charge in [-0.2, -0.15) is 4.31 Å². The Kier molecular flexibility index (Phi) is 6.32. The Balaban J connectivity index is 1.46. The van der Waals surface area contributed by atoms with Gasteiger partial charge in [-0.15, -0.1) is 5.10 Å². The minimum absolute atomic E-state index is 0.0106. The Labute approximate surface area is 191 Å². The van der Waals surface area contributed by atoms with E-state index in [1.165, 1.54) is 28.6 Å². The van der Waals surface area contributed by atoms with Crippen LogP contribution >= 0.6 is 11.6 Å². The zero-order valence-electron chi connectivity index (χ0n) is 17.7. The number of halogens is 1. The molecule has 32 heavy (non-hydrogen) atoms. The predicted octanol–water partition coefficient (Wildman–Crippen LogP) is 4.05. The van der Waals surface area contributed by atoms with Crippen LogP contribution in [0.15, 0.2) is 51.8 Å². The van der Waals surface area contributed by atoms with Crippen LogP contribution in [0.25, 0.3) is 11.5 Å². The highest BCUT2D eigenvalue weighted by Crippen LogP contribution is 2.27. The van der Waals surface area contributed by atoms with E-state index in [0.717, 1.165) is 16.7 Å². The molecule has 0 radical (unpaired) electrons. The Morgan fingerprint density at radius 3 is 2.66 bits per heavy atom. The van der Waals surface area contributed by atoms with Crippen LogP contribution in [0.2, 0.25) is 5.02 Å². The van der Waals surface area contributed by atoms with E-state index in [-0.39, 0.29) is 23.4 Å². The van der Waals surface area contributed by atoms with Crippen LogP contribution in [-0.2, 0) is 14.8 Å². The molecule has 2 heterocycles. The highest BCUT2D eigenvalue weighted by atomic mass is 35.5. The summed E-state index contributed by atoms with van der Waals surface area (Å²) in [7, 11) is -3.72. The zero-order valence-corrected chi connectivity index (χ0v) is 19.3. The molecule has 2 aromatic carbocycles. The normalized spacial score (nSPS) is 17.3. The molecule has 1 saturated heterocycles. The number of carbonyl (C=O) groups excluding carboxylic acids is 1. The first-order valence-corrected chi connectivity index (χ1v) is 12.0. The van der Waals surface area contributed by atoms with Gasteiger partial charge in [-0.25, -0.2) is 8.42 Å². The third-order valence-corrected chi connectivity index (χ3v) is 7.62. The molecule has 10 heteroatoms. The molecule has 1 aliphatic heterocycles. The molecule has 0 saturated carbocycles. The van der Waals surface area contributed by atoms with Crippen molar-refractivity contribution in [1.29, 1.82) is 0 Å². The lowest BCUT2D eigenvalue weighted by molar-refractivity contribution is -0.121. The lowest BCUT2D eigenvalue weighted by Gasteiger charge is -2.30. The average molecular weight is 475 g/mol. The van der Waals surface area contributed by atoms with Crippen molar-refractivity contribution in [2.24, 2.45) is 5.92 Å². The molecule has 4 rings (SSSR count). The van der Waals surface area contributed by atoms with E-state index in [0.29, 0.717) is 30.3 Å². The lowest BCUT2D eigenvalue weighted by atomic mass is 9.99. The summed E-state index contributed by atoms with van der Waals surface area (Å²) in [5.74, 6) is -0.559. The summed E-state index contributed by atoms with van der Waals surface area (Å²) in [4.78, 5) is 13.0. The van der Waals surface area contributed by atoms with Crippen LogP contribution in [0.5, 0.6) is 0 Å². The first kappa shape index (κ1) is 22.4. The summed E-state index contributed by atoms with van der Waals surface area (Å²) < 4.78 is 32.9. The van der Waals surface area contributed by atoms with Crippen molar-refractivity contribution in [3.05, 3.63) is 58.6 Å². The van der Waals surface area contributed by atoms with Gasteiger partial charge >= 0.3 is 6.01 Å². The molecule has 0 aliphatic carbocycles. The van der Waals surface area contributed by atoms with E-state index >= 15 is 0 Å². The average Bonchev–Trinajstić information content (AvgIpc) is 3.24. The Bertz CT molecular complexity index is 1240. The summed E-state index contributed by atoms with van der Waals surface area (Å²) in [5, 5.41) is 11.1. The van der Waals surface area contributed by atoms with Crippen molar-refractivity contribution in [2.45, 2.75) is 31.6 Å². The first-order chi connectivity index (χ1) is 15.2. The van der Waals surface area contributed by atoms with Gasteiger partial charge in [0.15, 0.2) is 0 Å². The van der Waals surface area contributed by atoms with Crippen molar-refractivity contribution in [1.82, 2.24) is 14.5 Å². The number of anilines is 1. The van der Waals surface area contributed by atoms with E-state index in [1.807, 2.05) is 32.0 Å². The number of aryl methyl sites for hydroxylation is 2. The molecule has 0 bridgehead atoms. The molecular weight excluding hydrogens is 452 g/mol. The number of piperidine rings is 1. The highest BCUT2D eigenvalue weighted by molar-refractivity contribution is 7.89. The molecule has 1 aromatic heterocycles. The number of amides is 1. The summed E-state index contributed by atoms with van der Waals surface area (Å²) >= 11 is 5.87. The second-order valence-electron chi connectivity index (χ2n) is 7.88. The molecule has 1 atom stereocenters. The van der Waals surface area contributed by atoms with Gasteiger partial charge < -0.3 is 4.42 Å². The largest absolute Gasteiger partial charge is 0.403 e. The van der Waals surface area contributed by atoms with E-state index in [9.17, 15) is 13.2 Å². The summed E-state index contributed by atoms with van der Waals surface area (Å²) in [6.45, 7) is 4.34. The predicted molar refractivity (Wildman–Crippen MR) is 121 cm³/mol. The summed E-state index contributed by atoms with van der Waals surface area (Å²) in [6, 6.07) is 11.9. The number of carbonyl (C=O) groups is 1. The van der Waals surface area contributed by atoms with E-state index in [4.69, 9.17) is 16.0 Å². The van der Waals surface area contributed by atoms with Gasteiger partial charge in [0.2, 0.25) is 21.8 Å². The quantitative estimate of drug-likeness (QED) is 0.598. The number of sulfonamides is 1. The zero-order chi connectivity index (χ0) is 22.9. The maximum atomic E-state index is 13.0. The molecular formula is C22H23ClN4O4S. The molecule has 1 aliphatic rings. The molecule has 1 amide bonds. The third kappa shape index (κ3) is 4.69. The fraction of sp³-hybridized carbons (Fsp3) is 0.318. The van der Waals surface area contributed by atoms with Crippen LogP contribution in [0.4, 0.5) is 6.01 Å². The molecule has 0 spiro atoms. The first-order valence-electron chi connectivity index (χ1n) is 10.2. The number of nitrogens with one attached hydrogen (secondary N) is 1. The Morgan fingerprint density at radius 2 is 1.91 bits per heavy atom. The van der Waals surface area contributed by atoms with Gasteiger partial charge in [0, 0.05) is 23.7 Å². The molecule has 168 valence electrons. The summed E-state index contributed by atoms with van der Waals surface area (Å²) in [5.41, 5.74) is 2.84. The van der Waals surface area contributed by atoms with Gasteiger partial charge in [0.1, 0.15) is 0 Å². The lowest BCUT2D eigenvalue weighted by Crippen LogP contribution is -2.43. The Morgan fingerprint density at radius 1 is 1.16 bits per heavy atom. The van der Waals surface area contributed by atoms with Crippen LogP contribution in [0.1, 0.15) is 24.0 Å². The van der Waals surface area contributed by atoms with Crippen LogP contribution in [-0.4, -0.2) is 41.9 Å². The smallest absolute Gasteiger partial charge is 0.322 e. The third-order valence-electron chi connectivity index (χ3n) is 5.48. The molecule has 3 aromatic rings. The second-order valence-corrected chi connectivity index (χ2v) is 10.3. The Hall–Kier alpha value is -2.75. The van der Waals surface area contributed by atoms with Gasteiger partial charge in [-0.3, -0.25) is 10.1 Å². The van der Waals surface area contributed by atoms with E-state index < -0.39 is 15.9 Å². The maximum Gasteiger partial charge on any atom is 0.322 e. The number of benzene rings is 2.